The molecule has 1 heterocycles. The van der Waals surface area contributed by atoms with Gasteiger partial charge in [-0.1, -0.05) is 0 Å². The van der Waals surface area contributed by atoms with Gasteiger partial charge in [-0.2, -0.15) is 5.10 Å². The Morgan fingerprint density at radius 2 is 2.00 bits per heavy atom. The van der Waals surface area contributed by atoms with Crippen molar-refractivity contribution in [3.63, 3.8) is 0 Å². The van der Waals surface area contributed by atoms with E-state index < -0.39 is 0 Å². The van der Waals surface area contributed by atoms with Crippen LogP contribution in [0.4, 0.5) is 0 Å². The molecular formula is C14H26N4. The highest BCUT2D eigenvalue weighted by Gasteiger charge is 2.26. The molecule has 18 heavy (non-hydrogen) atoms. The van der Waals surface area contributed by atoms with E-state index in [1.807, 2.05) is 11.7 Å². The maximum atomic E-state index is 5.98. The number of nitrogens with zero attached hydrogens (tertiary/aromatic N) is 3. The summed E-state index contributed by atoms with van der Waals surface area (Å²) in [6.07, 6.45) is 6.91. The first-order chi connectivity index (χ1) is 8.49. The Hall–Kier alpha value is -0.870. The quantitative estimate of drug-likeness (QED) is 0.892. The number of hydrogen-bond acceptors (Lipinski definition) is 3. The molecule has 1 aromatic rings. The van der Waals surface area contributed by atoms with E-state index in [4.69, 9.17) is 5.73 Å². The second-order valence-corrected chi connectivity index (χ2v) is 5.75. The fourth-order valence-electron chi connectivity index (χ4n) is 3.07. The van der Waals surface area contributed by atoms with Gasteiger partial charge in [0.2, 0.25) is 0 Å². The molecule has 0 aromatic carbocycles. The standard InChI is InChI=1S/C14H26N4/c1-10-14(9-17(3)16-10)11(2)18(4)13-7-5-12(15)6-8-13/h9,11-13H,5-8,15H2,1-4H3. The van der Waals surface area contributed by atoms with E-state index in [-0.39, 0.29) is 0 Å². The Bertz CT molecular complexity index is 390. The van der Waals surface area contributed by atoms with Crippen LogP contribution in [-0.2, 0) is 7.05 Å². The van der Waals surface area contributed by atoms with Gasteiger partial charge in [-0.3, -0.25) is 9.58 Å². The smallest absolute Gasteiger partial charge is 0.0641 e. The molecule has 1 aliphatic rings. The third kappa shape index (κ3) is 2.75. The van der Waals surface area contributed by atoms with Gasteiger partial charge < -0.3 is 5.73 Å². The van der Waals surface area contributed by atoms with E-state index in [2.05, 4.69) is 37.1 Å². The van der Waals surface area contributed by atoms with E-state index in [0.717, 1.165) is 18.5 Å². The van der Waals surface area contributed by atoms with Crippen LogP contribution in [0, 0.1) is 6.92 Å². The highest BCUT2D eigenvalue weighted by atomic mass is 15.3. The molecule has 2 rings (SSSR count). The number of aromatic nitrogens is 2. The van der Waals surface area contributed by atoms with Crippen molar-refractivity contribution in [1.29, 1.82) is 0 Å². The second kappa shape index (κ2) is 5.41. The Kier molecular flexibility index (Phi) is 4.07. The van der Waals surface area contributed by atoms with Gasteiger partial charge in [0, 0.05) is 36.9 Å². The molecule has 0 saturated heterocycles. The van der Waals surface area contributed by atoms with Crippen molar-refractivity contribution in [1.82, 2.24) is 14.7 Å². The Balaban J connectivity index is 2.04. The van der Waals surface area contributed by atoms with E-state index in [0.29, 0.717) is 18.1 Å². The molecule has 1 aliphatic carbocycles. The normalized spacial score (nSPS) is 26.6. The van der Waals surface area contributed by atoms with Crippen LogP contribution in [0.5, 0.6) is 0 Å². The molecular weight excluding hydrogens is 224 g/mol. The van der Waals surface area contributed by atoms with Gasteiger partial charge in [-0.25, -0.2) is 0 Å². The van der Waals surface area contributed by atoms with Crippen LogP contribution in [0.3, 0.4) is 0 Å². The molecule has 0 spiro atoms. The zero-order valence-corrected chi connectivity index (χ0v) is 12.1. The maximum Gasteiger partial charge on any atom is 0.0641 e. The molecule has 102 valence electrons. The molecule has 1 fully saturated rings. The molecule has 0 aliphatic heterocycles. The molecule has 2 N–H and O–H groups in total. The van der Waals surface area contributed by atoms with Crippen LogP contribution in [0.25, 0.3) is 0 Å². The second-order valence-electron chi connectivity index (χ2n) is 5.75. The first-order valence-electron chi connectivity index (χ1n) is 6.96. The zero-order valence-electron chi connectivity index (χ0n) is 12.1. The molecule has 1 saturated carbocycles. The van der Waals surface area contributed by atoms with Crippen LogP contribution in [-0.4, -0.2) is 33.8 Å². The van der Waals surface area contributed by atoms with E-state index in [1.54, 1.807) is 0 Å². The van der Waals surface area contributed by atoms with Crippen molar-refractivity contribution < 1.29 is 0 Å². The number of aryl methyl sites for hydroxylation is 2. The van der Waals surface area contributed by atoms with Gasteiger partial charge in [-0.05, 0) is 46.6 Å². The van der Waals surface area contributed by atoms with Crippen molar-refractivity contribution in [3.8, 4) is 0 Å². The van der Waals surface area contributed by atoms with Gasteiger partial charge >= 0.3 is 0 Å². The average Bonchev–Trinajstić information content (AvgIpc) is 2.67. The lowest BCUT2D eigenvalue weighted by Crippen LogP contribution is -2.39. The summed E-state index contributed by atoms with van der Waals surface area (Å²) in [5.74, 6) is 0. The van der Waals surface area contributed by atoms with Gasteiger partial charge in [0.1, 0.15) is 0 Å². The fraction of sp³-hybridized carbons (Fsp3) is 0.786. The lowest BCUT2D eigenvalue weighted by Gasteiger charge is -2.37. The minimum absolute atomic E-state index is 0.421. The molecule has 0 bridgehead atoms. The molecule has 1 aromatic heterocycles. The number of rotatable bonds is 3. The Morgan fingerprint density at radius 3 is 2.50 bits per heavy atom. The summed E-state index contributed by atoms with van der Waals surface area (Å²) in [6.45, 7) is 4.37. The summed E-state index contributed by atoms with van der Waals surface area (Å²) in [4.78, 5) is 2.50. The third-order valence-corrected chi connectivity index (χ3v) is 4.43. The Labute approximate surface area is 110 Å². The van der Waals surface area contributed by atoms with Gasteiger partial charge in [0.15, 0.2) is 0 Å². The molecule has 4 nitrogen and oxygen atoms in total. The van der Waals surface area contributed by atoms with Gasteiger partial charge in [0.25, 0.3) is 0 Å². The first-order valence-corrected chi connectivity index (χ1v) is 6.96. The maximum absolute atomic E-state index is 5.98. The van der Waals surface area contributed by atoms with Crippen molar-refractivity contribution >= 4 is 0 Å². The molecule has 1 atom stereocenters. The topological polar surface area (TPSA) is 47.1 Å². The number of nitrogens with two attached hydrogens (primary N) is 1. The summed E-state index contributed by atoms with van der Waals surface area (Å²) in [5.41, 5.74) is 8.47. The fourth-order valence-corrected chi connectivity index (χ4v) is 3.07. The van der Waals surface area contributed by atoms with Crippen molar-refractivity contribution in [2.24, 2.45) is 12.8 Å². The summed E-state index contributed by atoms with van der Waals surface area (Å²) in [7, 11) is 4.22. The van der Waals surface area contributed by atoms with Crippen LogP contribution in [0.15, 0.2) is 6.20 Å². The van der Waals surface area contributed by atoms with Gasteiger partial charge in [0.05, 0.1) is 5.69 Å². The summed E-state index contributed by atoms with van der Waals surface area (Å²) < 4.78 is 1.91. The van der Waals surface area contributed by atoms with Crippen molar-refractivity contribution in [3.05, 3.63) is 17.5 Å². The Morgan fingerprint density at radius 1 is 1.39 bits per heavy atom. The monoisotopic (exact) mass is 250 g/mol. The van der Waals surface area contributed by atoms with Gasteiger partial charge in [-0.15, -0.1) is 0 Å². The SMILES string of the molecule is Cc1nn(C)cc1C(C)N(C)C1CCC(N)CC1. The van der Waals surface area contributed by atoms with Crippen LogP contribution in [0.1, 0.15) is 49.9 Å². The highest BCUT2D eigenvalue weighted by Crippen LogP contribution is 2.29. The summed E-state index contributed by atoms with van der Waals surface area (Å²) >= 11 is 0. The van der Waals surface area contributed by atoms with Crippen molar-refractivity contribution in [2.75, 3.05) is 7.05 Å². The molecule has 4 heteroatoms. The first kappa shape index (κ1) is 13.6. The number of hydrogen-bond donors (Lipinski definition) is 1. The van der Waals surface area contributed by atoms with Crippen LogP contribution in [0.2, 0.25) is 0 Å². The minimum atomic E-state index is 0.421. The summed E-state index contributed by atoms with van der Waals surface area (Å²) in [5, 5.41) is 4.44. The highest BCUT2D eigenvalue weighted by molar-refractivity contribution is 5.19. The van der Waals surface area contributed by atoms with Crippen LogP contribution < -0.4 is 5.73 Å². The average molecular weight is 250 g/mol. The third-order valence-electron chi connectivity index (χ3n) is 4.43. The minimum Gasteiger partial charge on any atom is -0.328 e. The van der Waals surface area contributed by atoms with E-state index >= 15 is 0 Å². The predicted molar refractivity (Wildman–Crippen MR) is 74.4 cm³/mol. The lowest BCUT2D eigenvalue weighted by atomic mass is 9.90. The van der Waals surface area contributed by atoms with Crippen molar-refractivity contribution in [2.45, 2.75) is 57.7 Å². The lowest BCUT2D eigenvalue weighted by molar-refractivity contribution is 0.140. The molecule has 0 radical (unpaired) electrons. The van der Waals surface area contributed by atoms with E-state index in [1.165, 1.54) is 18.4 Å². The van der Waals surface area contributed by atoms with Crippen LogP contribution >= 0.6 is 0 Å². The largest absolute Gasteiger partial charge is 0.328 e. The molecule has 0 amide bonds. The van der Waals surface area contributed by atoms with E-state index in [9.17, 15) is 0 Å². The zero-order chi connectivity index (χ0) is 13.3. The predicted octanol–water partition coefficient (Wildman–Crippen LogP) is 1.99. The molecule has 1 unspecified atom stereocenters. The summed E-state index contributed by atoms with van der Waals surface area (Å²) in [6, 6.07) is 1.52.